The lowest BCUT2D eigenvalue weighted by molar-refractivity contribution is -0.139. The third-order valence-corrected chi connectivity index (χ3v) is 3.66. The molecule has 0 aliphatic rings. The van der Waals surface area contributed by atoms with E-state index in [2.05, 4.69) is 5.32 Å². The molecule has 0 saturated carbocycles. The van der Waals surface area contributed by atoms with Crippen molar-refractivity contribution in [3.05, 3.63) is 40.8 Å². The Morgan fingerprint density at radius 1 is 1.35 bits per heavy atom. The Balaban J connectivity index is 2.18. The van der Waals surface area contributed by atoms with E-state index in [1.54, 1.807) is 28.4 Å². The van der Waals surface area contributed by atoms with Crippen molar-refractivity contribution < 1.29 is 19.8 Å². The highest BCUT2D eigenvalue weighted by Gasteiger charge is 2.22. The molecule has 0 bridgehead atoms. The minimum absolute atomic E-state index is 0.0225. The number of hydrogen-bond acceptors (Lipinski definition) is 4. The molecule has 0 aliphatic heterocycles. The van der Waals surface area contributed by atoms with Crippen molar-refractivity contribution in [2.24, 2.45) is 0 Å². The predicted octanol–water partition coefficient (Wildman–Crippen LogP) is 1.10. The summed E-state index contributed by atoms with van der Waals surface area (Å²) in [7, 11) is 0. The van der Waals surface area contributed by atoms with Crippen molar-refractivity contribution in [3.8, 4) is 5.69 Å². The number of aromatic nitrogens is 1. The molecule has 6 nitrogen and oxygen atoms in total. The largest absolute Gasteiger partial charge is 0.480 e. The number of nitrogens with zero attached hydrogens (tertiary/aromatic N) is 1. The Labute approximate surface area is 119 Å². The van der Waals surface area contributed by atoms with Gasteiger partial charge in [0, 0.05) is 25.4 Å². The van der Waals surface area contributed by atoms with Crippen LogP contribution < -0.4 is 5.32 Å². The molecule has 3 N–H and O–H groups in total. The molecule has 0 fully saturated rings. The van der Waals surface area contributed by atoms with Crippen LogP contribution in [-0.2, 0) is 4.79 Å². The van der Waals surface area contributed by atoms with Gasteiger partial charge in [0.2, 0.25) is 0 Å². The van der Waals surface area contributed by atoms with Crippen LogP contribution in [0.1, 0.15) is 16.1 Å². The lowest BCUT2D eigenvalue weighted by Gasteiger charge is -2.13. The minimum atomic E-state index is -1.16. The van der Waals surface area contributed by atoms with Crippen molar-refractivity contribution >= 4 is 23.2 Å². The number of carboxylic acid groups (broad SMARTS) is 1. The van der Waals surface area contributed by atoms with Gasteiger partial charge in [-0.15, -0.1) is 11.3 Å². The second-order valence-electron chi connectivity index (χ2n) is 4.10. The van der Waals surface area contributed by atoms with E-state index in [9.17, 15) is 9.59 Å². The quantitative estimate of drug-likeness (QED) is 0.744. The zero-order valence-electron chi connectivity index (χ0n) is 10.5. The molecule has 1 amide bonds. The van der Waals surface area contributed by atoms with Gasteiger partial charge in [0.15, 0.2) is 0 Å². The molecular formula is C13H14N2O4S. The van der Waals surface area contributed by atoms with Crippen LogP contribution in [0.2, 0.25) is 0 Å². The van der Waals surface area contributed by atoms with Crippen LogP contribution in [0.3, 0.4) is 0 Å². The van der Waals surface area contributed by atoms with E-state index in [1.165, 1.54) is 11.3 Å². The van der Waals surface area contributed by atoms with Crippen LogP contribution in [0, 0.1) is 0 Å². The molecule has 2 aromatic heterocycles. The highest BCUT2D eigenvalue weighted by atomic mass is 32.1. The fourth-order valence-corrected chi connectivity index (χ4v) is 2.57. The van der Waals surface area contributed by atoms with Gasteiger partial charge < -0.3 is 20.1 Å². The number of hydrogen-bond donors (Lipinski definition) is 3. The third kappa shape index (κ3) is 3.06. The number of thiophene rings is 1. The number of carboxylic acids is 1. The average Bonchev–Trinajstić information content (AvgIpc) is 3.08. The molecule has 7 heteroatoms. The summed E-state index contributed by atoms with van der Waals surface area (Å²) in [5.41, 5.74) is 0.700. The van der Waals surface area contributed by atoms with Gasteiger partial charge in [-0.3, -0.25) is 4.79 Å². The number of aliphatic carboxylic acids is 1. The normalized spacial score (nSPS) is 12.1. The van der Waals surface area contributed by atoms with Crippen molar-refractivity contribution in [2.45, 2.75) is 12.5 Å². The summed E-state index contributed by atoms with van der Waals surface area (Å²) in [4.78, 5) is 23.6. The Hall–Kier alpha value is -2.12. The summed E-state index contributed by atoms with van der Waals surface area (Å²) >= 11 is 1.24. The molecule has 106 valence electrons. The first-order chi connectivity index (χ1) is 9.63. The number of nitrogens with one attached hydrogen (secondary N) is 1. The van der Waals surface area contributed by atoms with Gasteiger partial charge >= 0.3 is 5.97 Å². The molecular weight excluding hydrogens is 280 g/mol. The maximum Gasteiger partial charge on any atom is 0.326 e. The second kappa shape index (κ2) is 6.36. The van der Waals surface area contributed by atoms with Crippen molar-refractivity contribution in [3.63, 3.8) is 0 Å². The monoisotopic (exact) mass is 294 g/mol. The molecule has 20 heavy (non-hydrogen) atoms. The van der Waals surface area contributed by atoms with E-state index in [0.29, 0.717) is 10.6 Å². The summed E-state index contributed by atoms with van der Waals surface area (Å²) in [5.74, 6) is -1.61. The SMILES string of the molecule is O=C(NC(CCO)C(=O)O)c1sccc1-n1cccc1. The smallest absolute Gasteiger partial charge is 0.326 e. The van der Waals surface area contributed by atoms with Crippen LogP contribution >= 0.6 is 11.3 Å². The summed E-state index contributed by atoms with van der Waals surface area (Å²) < 4.78 is 1.78. The van der Waals surface area contributed by atoms with Crippen LogP contribution in [-0.4, -0.2) is 39.3 Å². The summed E-state index contributed by atoms with van der Waals surface area (Å²) in [6.07, 6.45) is 3.59. The minimum Gasteiger partial charge on any atom is -0.480 e. The van der Waals surface area contributed by atoms with E-state index >= 15 is 0 Å². The van der Waals surface area contributed by atoms with Crippen LogP contribution in [0.5, 0.6) is 0 Å². The van der Waals surface area contributed by atoms with E-state index in [1.807, 2.05) is 12.1 Å². The number of rotatable bonds is 6. The summed E-state index contributed by atoms with van der Waals surface area (Å²) in [6, 6.07) is 4.38. The molecule has 0 saturated heterocycles. The Morgan fingerprint density at radius 2 is 2.05 bits per heavy atom. The van der Waals surface area contributed by atoms with Crippen LogP contribution in [0.4, 0.5) is 0 Å². The lowest BCUT2D eigenvalue weighted by Crippen LogP contribution is -2.41. The van der Waals surface area contributed by atoms with Gasteiger partial charge in [0.25, 0.3) is 5.91 Å². The van der Waals surface area contributed by atoms with Gasteiger partial charge in [0.1, 0.15) is 10.9 Å². The molecule has 0 aliphatic carbocycles. The third-order valence-electron chi connectivity index (χ3n) is 2.75. The van der Waals surface area contributed by atoms with Gasteiger partial charge in [-0.1, -0.05) is 0 Å². The predicted molar refractivity (Wildman–Crippen MR) is 74.2 cm³/mol. The zero-order chi connectivity index (χ0) is 14.5. The van der Waals surface area contributed by atoms with Gasteiger partial charge in [-0.2, -0.15) is 0 Å². The highest BCUT2D eigenvalue weighted by Crippen LogP contribution is 2.21. The van der Waals surface area contributed by atoms with E-state index in [-0.39, 0.29) is 13.0 Å². The first kappa shape index (κ1) is 14.3. The van der Waals surface area contributed by atoms with Crippen LogP contribution in [0.15, 0.2) is 36.0 Å². The Kier molecular flexibility index (Phi) is 4.54. The van der Waals surface area contributed by atoms with Crippen LogP contribution in [0.25, 0.3) is 5.69 Å². The van der Waals surface area contributed by atoms with Crippen molar-refractivity contribution in [1.82, 2.24) is 9.88 Å². The second-order valence-corrected chi connectivity index (χ2v) is 5.02. The summed E-state index contributed by atoms with van der Waals surface area (Å²) in [6.45, 7) is -0.299. The zero-order valence-corrected chi connectivity index (χ0v) is 11.3. The molecule has 2 rings (SSSR count). The molecule has 2 aromatic rings. The lowest BCUT2D eigenvalue weighted by atomic mass is 10.2. The number of amides is 1. The average molecular weight is 294 g/mol. The molecule has 0 spiro atoms. The number of carbonyl (C=O) groups excluding carboxylic acids is 1. The standard InChI is InChI=1S/C13H14N2O4S/c16-7-3-9(13(18)19)14-12(17)11-10(4-8-20-11)15-5-1-2-6-15/h1-2,4-6,8-9,16H,3,7H2,(H,14,17)(H,18,19). The topological polar surface area (TPSA) is 91.6 Å². The van der Waals surface area contributed by atoms with E-state index in [0.717, 1.165) is 0 Å². The van der Waals surface area contributed by atoms with Gasteiger partial charge in [0.05, 0.1) is 5.69 Å². The van der Waals surface area contributed by atoms with E-state index < -0.39 is 17.9 Å². The van der Waals surface area contributed by atoms with Crippen molar-refractivity contribution in [1.29, 1.82) is 0 Å². The number of carbonyl (C=O) groups is 2. The van der Waals surface area contributed by atoms with Gasteiger partial charge in [-0.05, 0) is 23.6 Å². The first-order valence-electron chi connectivity index (χ1n) is 5.99. The fourth-order valence-electron chi connectivity index (χ4n) is 1.78. The van der Waals surface area contributed by atoms with Gasteiger partial charge in [-0.25, -0.2) is 4.79 Å². The number of aliphatic hydroxyl groups is 1. The molecule has 2 heterocycles. The molecule has 1 unspecified atom stereocenters. The fraction of sp³-hybridized carbons (Fsp3) is 0.231. The molecule has 0 aromatic carbocycles. The Bertz CT molecular complexity index is 591. The Morgan fingerprint density at radius 3 is 2.65 bits per heavy atom. The highest BCUT2D eigenvalue weighted by molar-refractivity contribution is 7.12. The first-order valence-corrected chi connectivity index (χ1v) is 6.87. The van der Waals surface area contributed by atoms with E-state index in [4.69, 9.17) is 10.2 Å². The summed E-state index contributed by atoms with van der Waals surface area (Å²) in [5, 5.41) is 22.0. The maximum atomic E-state index is 12.2. The maximum absolute atomic E-state index is 12.2. The number of aliphatic hydroxyl groups excluding tert-OH is 1. The molecule has 1 atom stereocenters. The van der Waals surface area contributed by atoms with Crippen molar-refractivity contribution in [2.75, 3.05) is 6.61 Å². The molecule has 0 radical (unpaired) electrons.